The molecule has 0 aliphatic carbocycles. The van der Waals surface area contributed by atoms with E-state index in [1.54, 1.807) is 0 Å². The molecule has 0 aliphatic heterocycles. The summed E-state index contributed by atoms with van der Waals surface area (Å²) in [6.07, 6.45) is 0. The lowest BCUT2D eigenvalue weighted by Crippen LogP contribution is -2.19. The van der Waals surface area contributed by atoms with Gasteiger partial charge in [0.15, 0.2) is 0 Å². The predicted octanol–water partition coefficient (Wildman–Crippen LogP) is 4.27. The molecule has 94 valence electrons. The number of benzene rings is 2. The Bertz CT molecular complexity index is 549. The van der Waals surface area contributed by atoms with Crippen LogP contribution in [-0.4, -0.2) is 7.05 Å². The first-order valence-electron chi connectivity index (χ1n) is 6.12. The maximum Gasteiger partial charge on any atom is 0.0580 e. The summed E-state index contributed by atoms with van der Waals surface area (Å²) in [4.78, 5) is 0. The van der Waals surface area contributed by atoms with Gasteiger partial charge in [0, 0.05) is 5.02 Å². The summed E-state index contributed by atoms with van der Waals surface area (Å²) in [5.74, 6) is 0. The zero-order valence-electron chi connectivity index (χ0n) is 11.0. The minimum atomic E-state index is 0.185. The molecule has 0 amide bonds. The van der Waals surface area contributed by atoms with E-state index in [4.69, 9.17) is 11.6 Å². The molecule has 0 saturated heterocycles. The molecule has 0 bridgehead atoms. The van der Waals surface area contributed by atoms with E-state index in [-0.39, 0.29) is 6.04 Å². The number of hydrogen-bond acceptors (Lipinski definition) is 1. The highest BCUT2D eigenvalue weighted by Gasteiger charge is 2.16. The van der Waals surface area contributed by atoms with E-state index in [0.29, 0.717) is 0 Å². The second-order valence-corrected chi connectivity index (χ2v) is 5.02. The topological polar surface area (TPSA) is 12.0 Å². The van der Waals surface area contributed by atoms with Gasteiger partial charge in [-0.1, -0.05) is 41.9 Å². The Morgan fingerprint density at radius 2 is 1.61 bits per heavy atom. The van der Waals surface area contributed by atoms with Gasteiger partial charge in [0.1, 0.15) is 0 Å². The molecular formula is C16H18ClN. The van der Waals surface area contributed by atoms with Crippen LogP contribution in [0.5, 0.6) is 0 Å². The van der Waals surface area contributed by atoms with E-state index >= 15 is 0 Å². The van der Waals surface area contributed by atoms with E-state index in [0.717, 1.165) is 5.02 Å². The van der Waals surface area contributed by atoms with Gasteiger partial charge in [-0.05, 0) is 55.3 Å². The fraction of sp³-hybridized carbons (Fsp3) is 0.250. The van der Waals surface area contributed by atoms with Gasteiger partial charge >= 0.3 is 0 Å². The molecule has 2 aromatic rings. The van der Waals surface area contributed by atoms with Crippen LogP contribution in [0.25, 0.3) is 0 Å². The maximum atomic E-state index is 6.12. The zero-order chi connectivity index (χ0) is 13.1. The molecule has 18 heavy (non-hydrogen) atoms. The van der Waals surface area contributed by atoms with E-state index in [1.165, 1.54) is 22.3 Å². The van der Waals surface area contributed by atoms with Crippen molar-refractivity contribution in [2.45, 2.75) is 19.9 Å². The Kier molecular flexibility index (Phi) is 4.05. The standard InChI is InChI=1S/C16H18ClN/c1-11-6-4-5-7-14(11)16(18-3)15-10-13(17)9-8-12(15)2/h4-10,16,18H,1-3H3. The Morgan fingerprint density at radius 1 is 0.944 bits per heavy atom. The Hall–Kier alpha value is -1.31. The average Bonchev–Trinajstić information content (AvgIpc) is 2.36. The van der Waals surface area contributed by atoms with Crippen LogP contribution in [0.15, 0.2) is 42.5 Å². The van der Waals surface area contributed by atoms with Crippen LogP contribution < -0.4 is 5.32 Å². The lowest BCUT2D eigenvalue weighted by atomic mass is 9.92. The van der Waals surface area contributed by atoms with Gasteiger partial charge in [-0.3, -0.25) is 0 Å². The maximum absolute atomic E-state index is 6.12. The first kappa shape index (κ1) is 13.1. The third-order valence-corrected chi connectivity index (χ3v) is 3.58. The second kappa shape index (κ2) is 5.55. The number of nitrogens with one attached hydrogen (secondary N) is 1. The number of rotatable bonds is 3. The van der Waals surface area contributed by atoms with Crippen molar-refractivity contribution in [1.29, 1.82) is 0 Å². The zero-order valence-corrected chi connectivity index (χ0v) is 11.8. The van der Waals surface area contributed by atoms with E-state index in [9.17, 15) is 0 Å². The molecule has 0 saturated carbocycles. The fourth-order valence-corrected chi connectivity index (χ4v) is 2.49. The smallest absolute Gasteiger partial charge is 0.0580 e. The van der Waals surface area contributed by atoms with Gasteiger partial charge < -0.3 is 5.32 Å². The minimum Gasteiger partial charge on any atom is -0.309 e. The highest BCUT2D eigenvalue weighted by atomic mass is 35.5. The van der Waals surface area contributed by atoms with Gasteiger partial charge in [0.05, 0.1) is 6.04 Å². The first-order chi connectivity index (χ1) is 8.63. The minimum absolute atomic E-state index is 0.185. The summed E-state index contributed by atoms with van der Waals surface area (Å²) < 4.78 is 0. The average molecular weight is 260 g/mol. The molecule has 2 heteroatoms. The molecule has 0 spiro atoms. The molecule has 0 aromatic heterocycles. The Balaban J connectivity index is 2.52. The molecule has 1 atom stereocenters. The second-order valence-electron chi connectivity index (χ2n) is 4.58. The van der Waals surface area contributed by atoms with Crippen LogP contribution >= 0.6 is 11.6 Å². The van der Waals surface area contributed by atoms with Crippen molar-refractivity contribution in [3.63, 3.8) is 0 Å². The van der Waals surface area contributed by atoms with E-state index in [2.05, 4.69) is 49.5 Å². The SMILES string of the molecule is CNC(c1ccccc1C)c1cc(Cl)ccc1C. The Labute approximate surface area is 114 Å². The lowest BCUT2D eigenvalue weighted by molar-refractivity contribution is 0.683. The quantitative estimate of drug-likeness (QED) is 0.868. The molecule has 0 aliphatic rings. The largest absolute Gasteiger partial charge is 0.309 e. The monoisotopic (exact) mass is 259 g/mol. The number of halogens is 1. The van der Waals surface area contributed by atoms with Crippen LogP contribution in [0, 0.1) is 13.8 Å². The van der Waals surface area contributed by atoms with E-state index < -0.39 is 0 Å². The highest BCUT2D eigenvalue weighted by Crippen LogP contribution is 2.28. The predicted molar refractivity (Wildman–Crippen MR) is 78.3 cm³/mol. The molecule has 0 fully saturated rings. The van der Waals surface area contributed by atoms with Crippen LogP contribution in [-0.2, 0) is 0 Å². The van der Waals surface area contributed by atoms with Crippen LogP contribution in [0.4, 0.5) is 0 Å². The van der Waals surface area contributed by atoms with Crippen molar-refractivity contribution in [2.24, 2.45) is 0 Å². The third-order valence-electron chi connectivity index (χ3n) is 3.34. The summed E-state index contributed by atoms with van der Waals surface area (Å²) in [6.45, 7) is 4.26. The Morgan fingerprint density at radius 3 is 2.28 bits per heavy atom. The van der Waals surface area contributed by atoms with Crippen molar-refractivity contribution in [3.05, 3.63) is 69.7 Å². The van der Waals surface area contributed by atoms with Gasteiger partial charge in [-0.15, -0.1) is 0 Å². The first-order valence-corrected chi connectivity index (χ1v) is 6.50. The van der Waals surface area contributed by atoms with Crippen molar-refractivity contribution in [3.8, 4) is 0 Å². The lowest BCUT2D eigenvalue weighted by Gasteiger charge is -2.21. The van der Waals surface area contributed by atoms with Crippen LogP contribution in [0.2, 0.25) is 5.02 Å². The highest BCUT2D eigenvalue weighted by molar-refractivity contribution is 6.30. The molecule has 0 radical (unpaired) electrons. The summed E-state index contributed by atoms with van der Waals surface area (Å²) in [7, 11) is 1.98. The fourth-order valence-electron chi connectivity index (χ4n) is 2.31. The molecule has 0 heterocycles. The number of hydrogen-bond donors (Lipinski definition) is 1. The van der Waals surface area contributed by atoms with Gasteiger partial charge in [0.2, 0.25) is 0 Å². The van der Waals surface area contributed by atoms with Crippen LogP contribution in [0.3, 0.4) is 0 Å². The normalized spacial score (nSPS) is 12.4. The van der Waals surface area contributed by atoms with Gasteiger partial charge in [-0.2, -0.15) is 0 Å². The molecule has 2 rings (SSSR count). The summed E-state index contributed by atoms with van der Waals surface area (Å²) in [5.41, 5.74) is 5.07. The van der Waals surface area contributed by atoms with Crippen molar-refractivity contribution >= 4 is 11.6 Å². The molecule has 2 aromatic carbocycles. The number of aryl methyl sites for hydroxylation is 2. The summed E-state index contributed by atoms with van der Waals surface area (Å²) in [5, 5.41) is 4.17. The molecule has 1 N–H and O–H groups in total. The van der Waals surface area contributed by atoms with Gasteiger partial charge in [-0.25, -0.2) is 0 Å². The van der Waals surface area contributed by atoms with Crippen molar-refractivity contribution < 1.29 is 0 Å². The van der Waals surface area contributed by atoms with Crippen LogP contribution in [0.1, 0.15) is 28.3 Å². The van der Waals surface area contributed by atoms with Gasteiger partial charge in [0.25, 0.3) is 0 Å². The van der Waals surface area contributed by atoms with E-state index in [1.807, 2.05) is 19.2 Å². The summed E-state index contributed by atoms with van der Waals surface area (Å²) in [6, 6.07) is 14.7. The third kappa shape index (κ3) is 2.58. The molecular weight excluding hydrogens is 242 g/mol. The van der Waals surface area contributed by atoms with Crippen molar-refractivity contribution in [1.82, 2.24) is 5.32 Å². The summed E-state index contributed by atoms with van der Waals surface area (Å²) >= 11 is 6.12. The molecule has 1 unspecified atom stereocenters. The molecule has 1 nitrogen and oxygen atoms in total. The van der Waals surface area contributed by atoms with Crippen molar-refractivity contribution in [2.75, 3.05) is 7.05 Å².